The van der Waals surface area contributed by atoms with E-state index in [1.165, 1.54) is 12.1 Å². The lowest BCUT2D eigenvalue weighted by Gasteiger charge is -2.09. The first-order valence-electron chi connectivity index (χ1n) is 5.42. The van der Waals surface area contributed by atoms with E-state index in [1.807, 2.05) is 0 Å². The molecule has 0 spiro atoms. The summed E-state index contributed by atoms with van der Waals surface area (Å²) in [6.07, 6.45) is 0.432. The topological polar surface area (TPSA) is 92.5 Å². The minimum atomic E-state index is -0.0757. The van der Waals surface area contributed by atoms with Gasteiger partial charge in [0, 0.05) is 0 Å². The number of hydrogen-bond donors (Lipinski definition) is 4. The summed E-state index contributed by atoms with van der Waals surface area (Å²) in [5.41, 5.74) is 12.9. The molecule has 2 aromatic rings. The molecular weight excluding hydrogens is 287 g/mol. The highest BCUT2D eigenvalue weighted by Gasteiger charge is 2.09. The first kappa shape index (κ1) is 13.6. The Morgan fingerprint density at radius 3 is 1.47 bits per heavy atom. The first-order valence-corrected chi connectivity index (χ1v) is 6.17. The number of hydrogen-bond acceptors (Lipinski definition) is 4. The van der Waals surface area contributed by atoms with Gasteiger partial charge in [-0.15, -0.1) is 0 Å². The van der Waals surface area contributed by atoms with E-state index in [2.05, 4.69) is 0 Å². The quantitative estimate of drug-likeness (QED) is 0.506. The van der Waals surface area contributed by atoms with Gasteiger partial charge in [-0.1, -0.05) is 23.2 Å². The molecule has 0 heterocycles. The van der Waals surface area contributed by atoms with Crippen LogP contribution in [0.2, 0.25) is 10.0 Å². The molecule has 6 heteroatoms. The number of nitrogens with two attached hydrogens (primary N) is 2. The van der Waals surface area contributed by atoms with E-state index in [9.17, 15) is 10.2 Å². The van der Waals surface area contributed by atoms with Crippen LogP contribution in [0.15, 0.2) is 24.3 Å². The van der Waals surface area contributed by atoms with E-state index in [1.54, 1.807) is 12.1 Å². The van der Waals surface area contributed by atoms with Gasteiger partial charge in [0.2, 0.25) is 0 Å². The Bertz CT molecular complexity index is 543. The second kappa shape index (κ2) is 5.07. The van der Waals surface area contributed by atoms with Crippen molar-refractivity contribution in [2.24, 2.45) is 0 Å². The summed E-state index contributed by atoms with van der Waals surface area (Å²) in [6, 6.07) is 6.33. The standard InChI is InChI=1S/C13H12Cl2N2O2/c14-8-2-6(4-10(18)12(8)16)1-7-3-9(15)13(17)11(19)5-7/h2-5,18-19H,1,16-17H2. The zero-order chi connectivity index (χ0) is 14.2. The monoisotopic (exact) mass is 298 g/mol. The minimum absolute atomic E-state index is 0.0757. The van der Waals surface area contributed by atoms with Gasteiger partial charge in [-0.05, 0) is 41.8 Å². The van der Waals surface area contributed by atoms with Crippen LogP contribution in [-0.4, -0.2) is 10.2 Å². The largest absolute Gasteiger partial charge is 0.506 e. The number of phenolic OH excluding ortho intramolecular Hbond substituents is 2. The van der Waals surface area contributed by atoms with Crippen molar-refractivity contribution in [2.45, 2.75) is 6.42 Å². The molecule has 19 heavy (non-hydrogen) atoms. The Hall–Kier alpha value is -1.78. The zero-order valence-electron chi connectivity index (χ0n) is 9.82. The van der Waals surface area contributed by atoms with E-state index in [4.69, 9.17) is 34.7 Å². The average molecular weight is 299 g/mol. The fraction of sp³-hybridized carbons (Fsp3) is 0.0769. The number of aromatic hydroxyl groups is 2. The van der Waals surface area contributed by atoms with Crippen molar-refractivity contribution in [3.05, 3.63) is 45.4 Å². The second-order valence-electron chi connectivity index (χ2n) is 4.20. The van der Waals surface area contributed by atoms with Gasteiger partial charge in [0.05, 0.1) is 21.4 Å². The van der Waals surface area contributed by atoms with Crippen LogP contribution in [0.25, 0.3) is 0 Å². The normalized spacial score (nSPS) is 10.6. The Balaban J connectivity index is 2.36. The van der Waals surface area contributed by atoms with Crippen molar-refractivity contribution in [3.8, 4) is 11.5 Å². The number of phenols is 2. The highest BCUT2D eigenvalue weighted by molar-refractivity contribution is 6.33. The first-order chi connectivity index (χ1) is 8.88. The highest BCUT2D eigenvalue weighted by atomic mass is 35.5. The zero-order valence-corrected chi connectivity index (χ0v) is 11.3. The van der Waals surface area contributed by atoms with Gasteiger partial charge in [-0.2, -0.15) is 0 Å². The van der Waals surface area contributed by atoms with Gasteiger partial charge < -0.3 is 21.7 Å². The smallest absolute Gasteiger partial charge is 0.140 e. The Labute approximate surface area is 120 Å². The fourth-order valence-electron chi connectivity index (χ4n) is 1.76. The van der Waals surface area contributed by atoms with Crippen LogP contribution in [-0.2, 0) is 6.42 Å². The molecule has 6 N–H and O–H groups in total. The molecule has 0 aliphatic heterocycles. The molecule has 0 bridgehead atoms. The molecule has 0 unspecified atom stereocenters. The van der Waals surface area contributed by atoms with E-state index in [0.717, 1.165) is 11.1 Å². The highest BCUT2D eigenvalue weighted by Crippen LogP contribution is 2.33. The summed E-state index contributed by atoms with van der Waals surface area (Å²) in [5.74, 6) is -0.151. The lowest BCUT2D eigenvalue weighted by Crippen LogP contribution is -1.94. The predicted molar refractivity (Wildman–Crippen MR) is 77.9 cm³/mol. The van der Waals surface area contributed by atoms with Gasteiger partial charge in [0.25, 0.3) is 0 Å². The molecule has 0 aliphatic rings. The predicted octanol–water partition coefficient (Wildman–Crippen LogP) is 3.16. The number of anilines is 2. The van der Waals surface area contributed by atoms with Crippen molar-refractivity contribution < 1.29 is 10.2 Å². The molecule has 0 aliphatic carbocycles. The molecule has 2 rings (SSSR count). The van der Waals surface area contributed by atoms with Crippen LogP contribution < -0.4 is 11.5 Å². The van der Waals surface area contributed by atoms with Crippen LogP contribution >= 0.6 is 23.2 Å². The summed E-state index contributed by atoms with van der Waals surface area (Å²) < 4.78 is 0. The maximum absolute atomic E-state index is 9.61. The lowest BCUT2D eigenvalue weighted by atomic mass is 10.0. The van der Waals surface area contributed by atoms with E-state index in [-0.39, 0.29) is 32.9 Å². The minimum Gasteiger partial charge on any atom is -0.506 e. The van der Waals surface area contributed by atoms with Gasteiger partial charge in [-0.25, -0.2) is 0 Å². The Morgan fingerprint density at radius 1 is 0.789 bits per heavy atom. The molecule has 0 saturated carbocycles. The molecule has 0 atom stereocenters. The summed E-state index contributed by atoms with van der Waals surface area (Å²) in [7, 11) is 0. The lowest BCUT2D eigenvalue weighted by molar-refractivity contribution is 0.477. The van der Waals surface area contributed by atoms with Crippen LogP contribution in [0.3, 0.4) is 0 Å². The molecule has 2 aromatic carbocycles. The second-order valence-corrected chi connectivity index (χ2v) is 5.01. The summed E-state index contributed by atoms with van der Waals surface area (Å²) in [4.78, 5) is 0. The molecular formula is C13H12Cl2N2O2. The number of halogens is 2. The molecule has 100 valence electrons. The number of nitrogen functional groups attached to an aromatic ring is 2. The fourth-order valence-corrected chi connectivity index (χ4v) is 2.23. The Morgan fingerprint density at radius 2 is 1.16 bits per heavy atom. The van der Waals surface area contributed by atoms with Gasteiger partial charge in [0.1, 0.15) is 11.5 Å². The molecule has 0 fully saturated rings. The summed E-state index contributed by atoms with van der Waals surface area (Å²) in [6.45, 7) is 0. The van der Waals surface area contributed by atoms with Crippen LogP contribution in [0.1, 0.15) is 11.1 Å². The van der Waals surface area contributed by atoms with Crippen molar-refractivity contribution in [3.63, 3.8) is 0 Å². The third kappa shape index (κ3) is 2.80. The molecule has 0 amide bonds. The van der Waals surface area contributed by atoms with Gasteiger partial charge in [-0.3, -0.25) is 0 Å². The van der Waals surface area contributed by atoms with Gasteiger partial charge >= 0.3 is 0 Å². The van der Waals surface area contributed by atoms with Crippen LogP contribution in [0, 0.1) is 0 Å². The molecule has 0 saturated heterocycles. The van der Waals surface area contributed by atoms with Crippen LogP contribution in [0.5, 0.6) is 11.5 Å². The summed E-state index contributed by atoms with van der Waals surface area (Å²) in [5, 5.41) is 19.8. The van der Waals surface area contributed by atoms with Crippen molar-refractivity contribution >= 4 is 34.6 Å². The maximum atomic E-state index is 9.61. The van der Waals surface area contributed by atoms with Crippen molar-refractivity contribution in [2.75, 3.05) is 11.5 Å². The SMILES string of the molecule is Nc1c(O)cc(Cc2cc(O)c(N)c(Cl)c2)cc1Cl. The summed E-state index contributed by atoms with van der Waals surface area (Å²) >= 11 is 11.8. The van der Waals surface area contributed by atoms with E-state index < -0.39 is 0 Å². The molecule has 0 radical (unpaired) electrons. The number of rotatable bonds is 2. The average Bonchev–Trinajstić information content (AvgIpc) is 2.33. The van der Waals surface area contributed by atoms with E-state index >= 15 is 0 Å². The number of benzene rings is 2. The Kier molecular flexibility index (Phi) is 3.64. The van der Waals surface area contributed by atoms with E-state index in [0.29, 0.717) is 6.42 Å². The van der Waals surface area contributed by atoms with Gasteiger partial charge in [0.15, 0.2) is 0 Å². The van der Waals surface area contributed by atoms with Crippen LogP contribution in [0.4, 0.5) is 11.4 Å². The van der Waals surface area contributed by atoms with Crippen molar-refractivity contribution in [1.29, 1.82) is 0 Å². The maximum Gasteiger partial charge on any atom is 0.140 e. The third-order valence-corrected chi connectivity index (χ3v) is 3.37. The molecule has 0 aromatic heterocycles. The molecule has 4 nitrogen and oxygen atoms in total. The van der Waals surface area contributed by atoms with Crippen molar-refractivity contribution in [1.82, 2.24) is 0 Å². The third-order valence-electron chi connectivity index (χ3n) is 2.74.